The highest BCUT2D eigenvalue weighted by atomic mass is 32.2. The fraction of sp³-hybridized carbons (Fsp3) is 0.333. The number of ether oxygens (including phenoxy) is 1. The normalized spacial score (nSPS) is 17.9. The monoisotopic (exact) mass is 413 g/mol. The van der Waals surface area contributed by atoms with Gasteiger partial charge in [-0.15, -0.1) is 0 Å². The van der Waals surface area contributed by atoms with Gasteiger partial charge in [0.15, 0.2) is 0 Å². The number of aryl methyl sites for hydroxylation is 1. The maximum Gasteiger partial charge on any atom is 0.243 e. The topological polar surface area (TPSA) is 85.5 Å². The summed E-state index contributed by atoms with van der Waals surface area (Å²) in [7, 11) is -2.04. The van der Waals surface area contributed by atoms with E-state index in [1.807, 2.05) is 31.2 Å². The molecule has 0 spiro atoms. The minimum absolute atomic E-state index is 0.122. The molecule has 1 saturated heterocycles. The Balaban J connectivity index is 1.54. The number of methoxy groups -OCH3 is 1. The van der Waals surface area contributed by atoms with Gasteiger partial charge in [0.1, 0.15) is 5.75 Å². The van der Waals surface area contributed by atoms with Gasteiger partial charge in [-0.05, 0) is 50.1 Å². The smallest absolute Gasteiger partial charge is 0.243 e. The van der Waals surface area contributed by atoms with E-state index >= 15 is 0 Å². The van der Waals surface area contributed by atoms with Crippen molar-refractivity contribution in [3.8, 4) is 17.1 Å². The third kappa shape index (κ3) is 4.04. The van der Waals surface area contributed by atoms with Gasteiger partial charge in [-0.1, -0.05) is 28.9 Å². The van der Waals surface area contributed by atoms with Crippen molar-refractivity contribution in [2.75, 3.05) is 20.2 Å². The molecule has 1 aliphatic rings. The highest BCUT2D eigenvalue weighted by molar-refractivity contribution is 7.89. The van der Waals surface area contributed by atoms with E-state index in [-0.39, 0.29) is 10.8 Å². The number of nitrogens with zero attached hydrogens (tertiary/aromatic N) is 3. The Hall–Kier alpha value is -2.71. The average Bonchev–Trinajstić information content (AvgIpc) is 3.24. The number of piperidine rings is 1. The lowest BCUT2D eigenvalue weighted by molar-refractivity contribution is 0.265. The predicted molar refractivity (Wildman–Crippen MR) is 108 cm³/mol. The number of hydrogen-bond acceptors (Lipinski definition) is 6. The molecule has 7 nitrogen and oxygen atoms in total. The molecule has 0 aliphatic carbocycles. The zero-order valence-corrected chi connectivity index (χ0v) is 17.2. The molecule has 2 aromatic carbocycles. The average molecular weight is 413 g/mol. The number of rotatable bonds is 5. The molecule has 4 rings (SSSR count). The van der Waals surface area contributed by atoms with Crippen LogP contribution in [0.3, 0.4) is 0 Å². The summed E-state index contributed by atoms with van der Waals surface area (Å²) in [5.74, 6) is 1.51. The van der Waals surface area contributed by atoms with Crippen molar-refractivity contribution < 1.29 is 17.7 Å². The van der Waals surface area contributed by atoms with Crippen LogP contribution in [0.1, 0.15) is 30.2 Å². The van der Waals surface area contributed by atoms with Gasteiger partial charge in [-0.3, -0.25) is 0 Å². The van der Waals surface area contributed by atoms with E-state index in [0.717, 1.165) is 24.0 Å². The van der Waals surface area contributed by atoms with Gasteiger partial charge in [-0.25, -0.2) is 8.42 Å². The van der Waals surface area contributed by atoms with E-state index in [2.05, 4.69) is 10.1 Å². The van der Waals surface area contributed by atoms with Gasteiger partial charge in [0, 0.05) is 18.7 Å². The largest absolute Gasteiger partial charge is 0.497 e. The molecule has 1 unspecified atom stereocenters. The summed E-state index contributed by atoms with van der Waals surface area (Å²) in [6.45, 7) is 2.81. The molecule has 0 N–H and O–H groups in total. The van der Waals surface area contributed by atoms with Crippen LogP contribution in [-0.4, -0.2) is 43.1 Å². The molecule has 1 atom stereocenters. The fourth-order valence-electron chi connectivity index (χ4n) is 3.56. The number of benzene rings is 2. The third-order valence-electron chi connectivity index (χ3n) is 5.15. The van der Waals surface area contributed by atoms with Gasteiger partial charge >= 0.3 is 0 Å². The second-order valence-corrected chi connectivity index (χ2v) is 9.14. The first kappa shape index (κ1) is 19.6. The van der Waals surface area contributed by atoms with Gasteiger partial charge in [0.2, 0.25) is 21.7 Å². The number of aromatic nitrogens is 2. The first-order chi connectivity index (χ1) is 14.0. The lowest BCUT2D eigenvalue weighted by Crippen LogP contribution is -2.39. The molecule has 8 heteroatoms. The Morgan fingerprint density at radius 2 is 1.97 bits per heavy atom. The minimum Gasteiger partial charge on any atom is -0.497 e. The van der Waals surface area contributed by atoms with Gasteiger partial charge in [0.05, 0.1) is 17.9 Å². The van der Waals surface area contributed by atoms with Gasteiger partial charge in [-0.2, -0.15) is 9.29 Å². The maximum absolute atomic E-state index is 13.0. The summed E-state index contributed by atoms with van der Waals surface area (Å²) in [4.78, 5) is 4.80. The van der Waals surface area contributed by atoms with Crippen LogP contribution in [-0.2, 0) is 10.0 Å². The molecular weight excluding hydrogens is 390 g/mol. The van der Waals surface area contributed by atoms with Crippen LogP contribution < -0.4 is 4.74 Å². The molecule has 29 heavy (non-hydrogen) atoms. The molecule has 2 heterocycles. The van der Waals surface area contributed by atoms with Crippen molar-refractivity contribution in [2.45, 2.75) is 30.6 Å². The minimum atomic E-state index is -3.59. The summed E-state index contributed by atoms with van der Waals surface area (Å²) >= 11 is 0. The molecule has 1 aliphatic heterocycles. The van der Waals surface area contributed by atoms with Crippen molar-refractivity contribution in [3.63, 3.8) is 0 Å². The molecule has 3 aromatic rings. The molecule has 0 saturated carbocycles. The summed E-state index contributed by atoms with van der Waals surface area (Å²) in [5.41, 5.74) is 2.00. The van der Waals surface area contributed by atoms with E-state index in [9.17, 15) is 8.42 Å². The van der Waals surface area contributed by atoms with Crippen LogP contribution in [0.25, 0.3) is 11.4 Å². The summed E-state index contributed by atoms with van der Waals surface area (Å²) in [5, 5.41) is 4.10. The van der Waals surface area contributed by atoms with Crippen LogP contribution >= 0.6 is 0 Å². The van der Waals surface area contributed by atoms with Crippen LogP contribution in [0.2, 0.25) is 0 Å². The van der Waals surface area contributed by atoms with Crippen LogP contribution in [0.5, 0.6) is 5.75 Å². The maximum atomic E-state index is 13.0. The number of hydrogen-bond donors (Lipinski definition) is 0. The van der Waals surface area contributed by atoms with E-state index in [4.69, 9.17) is 9.26 Å². The predicted octanol–water partition coefficient (Wildman–Crippen LogP) is 3.62. The second-order valence-electron chi connectivity index (χ2n) is 7.20. The van der Waals surface area contributed by atoms with E-state index in [1.54, 1.807) is 31.4 Å². The highest BCUT2D eigenvalue weighted by Crippen LogP contribution is 2.31. The zero-order valence-electron chi connectivity index (χ0n) is 16.4. The van der Waals surface area contributed by atoms with Crippen LogP contribution in [0, 0.1) is 6.92 Å². The standard InChI is InChI=1S/C21H23N3O4S/c1-15-5-3-6-16(13-15)20-22-21(28-23-20)17-7-4-12-24(14-17)29(25,26)19-10-8-18(27-2)9-11-19/h3,5-6,8-11,13,17H,4,7,12,14H2,1-2H3. The Morgan fingerprint density at radius 1 is 1.17 bits per heavy atom. The Labute approximate surface area is 170 Å². The van der Waals surface area contributed by atoms with Crippen molar-refractivity contribution in [1.29, 1.82) is 0 Å². The lowest BCUT2D eigenvalue weighted by atomic mass is 10.00. The molecule has 1 fully saturated rings. The van der Waals surface area contributed by atoms with Crippen LogP contribution in [0.15, 0.2) is 57.9 Å². The summed E-state index contributed by atoms with van der Waals surface area (Å²) < 4.78 is 38.2. The second kappa shape index (κ2) is 7.96. The molecule has 0 radical (unpaired) electrons. The molecule has 0 bridgehead atoms. The van der Waals surface area contributed by atoms with Crippen LogP contribution in [0.4, 0.5) is 0 Å². The van der Waals surface area contributed by atoms with Gasteiger partial charge < -0.3 is 9.26 Å². The Morgan fingerprint density at radius 3 is 2.69 bits per heavy atom. The highest BCUT2D eigenvalue weighted by Gasteiger charge is 2.33. The summed E-state index contributed by atoms with van der Waals surface area (Å²) in [6.07, 6.45) is 1.55. The summed E-state index contributed by atoms with van der Waals surface area (Å²) in [6, 6.07) is 14.3. The SMILES string of the molecule is COc1ccc(S(=O)(=O)N2CCCC(c3nc(-c4cccc(C)c4)no3)C2)cc1. The Bertz CT molecular complexity index is 1090. The fourth-order valence-corrected chi connectivity index (χ4v) is 5.09. The first-order valence-corrected chi connectivity index (χ1v) is 11.0. The van der Waals surface area contributed by atoms with E-state index in [1.165, 1.54) is 4.31 Å². The van der Waals surface area contributed by atoms with E-state index in [0.29, 0.717) is 30.6 Å². The van der Waals surface area contributed by atoms with E-state index < -0.39 is 10.0 Å². The third-order valence-corrected chi connectivity index (χ3v) is 7.03. The van der Waals surface area contributed by atoms with Gasteiger partial charge in [0.25, 0.3) is 0 Å². The van der Waals surface area contributed by atoms with Crippen molar-refractivity contribution in [1.82, 2.24) is 14.4 Å². The molecule has 1 aromatic heterocycles. The number of sulfonamides is 1. The van der Waals surface area contributed by atoms with Crippen molar-refractivity contribution in [2.24, 2.45) is 0 Å². The van der Waals surface area contributed by atoms with Crippen molar-refractivity contribution >= 4 is 10.0 Å². The molecule has 152 valence electrons. The quantitative estimate of drug-likeness (QED) is 0.635. The van der Waals surface area contributed by atoms with Crippen molar-refractivity contribution in [3.05, 3.63) is 60.0 Å². The Kier molecular flexibility index (Phi) is 5.38. The molecule has 0 amide bonds. The lowest BCUT2D eigenvalue weighted by Gasteiger charge is -2.30. The molecular formula is C21H23N3O4S. The zero-order chi connectivity index (χ0) is 20.4. The first-order valence-electron chi connectivity index (χ1n) is 9.52.